The van der Waals surface area contributed by atoms with Crippen molar-refractivity contribution >= 4 is 17.4 Å². The van der Waals surface area contributed by atoms with Gasteiger partial charge in [0.2, 0.25) is 5.78 Å². The highest BCUT2D eigenvalue weighted by Gasteiger charge is 2.46. The first-order valence-corrected chi connectivity index (χ1v) is 8.47. The fraction of sp³-hybridized carbons (Fsp3) is 0.0476. The van der Waals surface area contributed by atoms with E-state index < -0.39 is 40.8 Å². The van der Waals surface area contributed by atoms with E-state index in [2.05, 4.69) is 0 Å². The van der Waals surface area contributed by atoms with Gasteiger partial charge in [0, 0.05) is 6.07 Å². The van der Waals surface area contributed by atoms with Crippen LogP contribution in [-0.4, -0.2) is 21.9 Å². The van der Waals surface area contributed by atoms with Gasteiger partial charge in [0.25, 0.3) is 5.91 Å². The Hall–Kier alpha value is -3.94. The molecule has 1 unspecified atom stereocenters. The van der Waals surface area contributed by atoms with Crippen molar-refractivity contribution in [3.63, 3.8) is 0 Å². The second-order valence-corrected chi connectivity index (χ2v) is 6.33. The average molecular weight is 397 g/mol. The third-order valence-corrected chi connectivity index (χ3v) is 4.57. The number of aliphatic hydroxyl groups is 1. The Labute approximate surface area is 162 Å². The molecule has 0 radical (unpaired) electrons. The van der Waals surface area contributed by atoms with Gasteiger partial charge in [0.1, 0.15) is 17.4 Å². The van der Waals surface area contributed by atoms with Crippen LogP contribution in [0.15, 0.2) is 76.6 Å². The molecule has 0 saturated heterocycles. The maximum atomic E-state index is 14.5. The van der Waals surface area contributed by atoms with Crippen molar-refractivity contribution in [2.24, 2.45) is 0 Å². The molecular weight excluding hydrogens is 384 g/mol. The number of aliphatic hydroxyl groups excluding tert-OH is 1. The number of ketones is 1. The zero-order valence-electron chi connectivity index (χ0n) is 14.7. The van der Waals surface area contributed by atoms with Crippen molar-refractivity contribution in [2.75, 3.05) is 4.90 Å². The molecule has 1 aliphatic heterocycles. The second-order valence-electron chi connectivity index (χ2n) is 6.33. The smallest absolute Gasteiger partial charge is 0.294 e. The molecule has 8 heteroatoms. The van der Waals surface area contributed by atoms with E-state index >= 15 is 0 Å². The minimum absolute atomic E-state index is 0.0753. The molecule has 1 atom stereocenters. The van der Waals surface area contributed by atoms with Gasteiger partial charge in [-0.25, -0.2) is 8.78 Å². The number of phenols is 1. The van der Waals surface area contributed by atoms with Gasteiger partial charge in [-0.3, -0.25) is 14.5 Å². The van der Waals surface area contributed by atoms with Gasteiger partial charge in [0.05, 0.1) is 23.6 Å². The second kappa shape index (κ2) is 6.90. The molecule has 1 amide bonds. The van der Waals surface area contributed by atoms with Crippen LogP contribution in [0.4, 0.5) is 14.5 Å². The van der Waals surface area contributed by atoms with Gasteiger partial charge < -0.3 is 14.6 Å². The summed E-state index contributed by atoms with van der Waals surface area (Å²) in [6.45, 7) is 0. The van der Waals surface area contributed by atoms with Crippen LogP contribution in [0.5, 0.6) is 5.75 Å². The lowest BCUT2D eigenvalue weighted by molar-refractivity contribution is -0.117. The minimum Gasteiger partial charge on any atom is -0.508 e. The molecular formula is C21H13F2NO5. The number of furan rings is 1. The van der Waals surface area contributed by atoms with Gasteiger partial charge >= 0.3 is 0 Å². The molecule has 2 N–H and O–H groups in total. The van der Waals surface area contributed by atoms with Gasteiger partial charge in [-0.1, -0.05) is 12.1 Å². The number of Topliss-reactive ketones (excluding diaryl/α,β-unsaturated/α-hetero) is 1. The Bertz CT molecular complexity index is 1140. The molecule has 2 aromatic carbocycles. The number of carbonyl (C=O) groups is 2. The standard InChI is InChI=1S/C21H13F2NO5/c22-12-5-8-14(23)15(10-12)24-18(11-3-6-13(25)7-4-11)17(20(27)21(24)28)19(26)16-2-1-9-29-16/h1-10,18,25,27H. The first-order chi connectivity index (χ1) is 13.9. The van der Waals surface area contributed by atoms with Gasteiger partial charge in [0.15, 0.2) is 11.5 Å². The Balaban J connectivity index is 1.92. The van der Waals surface area contributed by atoms with Crippen molar-refractivity contribution < 1.29 is 33.0 Å². The molecule has 1 aliphatic rings. The Morgan fingerprint density at radius 2 is 1.76 bits per heavy atom. The SMILES string of the molecule is O=C(C1=C(O)C(=O)N(c2cc(F)ccc2F)C1c1ccc(O)cc1)c1ccco1. The summed E-state index contributed by atoms with van der Waals surface area (Å²) in [7, 11) is 0. The number of hydrogen-bond donors (Lipinski definition) is 2. The molecule has 0 bridgehead atoms. The van der Waals surface area contributed by atoms with E-state index in [-0.39, 0.29) is 17.1 Å². The minimum atomic E-state index is -1.27. The third kappa shape index (κ3) is 3.04. The number of hydrogen-bond acceptors (Lipinski definition) is 5. The molecule has 4 rings (SSSR count). The highest BCUT2D eigenvalue weighted by atomic mass is 19.1. The average Bonchev–Trinajstić information content (AvgIpc) is 3.32. The van der Waals surface area contributed by atoms with E-state index in [0.717, 1.165) is 23.1 Å². The van der Waals surface area contributed by atoms with Crippen LogP contribution >= 0.6 is 0 Å². The lowest BCUT2D eigenvalue weighted by Gasteiger charge is -2.27. The molecule has 3 aromatic rings. The number of phenolic OH excluding ortho intramolecular Hbond substituents is 1. The molecule has 0 aliphatic carbocycles. The van der Waals surface area contributed by atoms with Crippen molar-refractivity contribution in [3.8, 4) is 5.75 Å². The fourth-order valence-electron chi connectivity index (χ4n) is 3.27. The van der Waals surface area contributed by atoms with Gasteiger partial charge in [-0.2, -0.15) is 0 Å². The van der Waals surface area contributed by atoms with Crippen molar-refractivity contribution in [3.05, 3.63) is 95.2 Å². The molecule has 0 spiro atoms. The Morgan fingerprint density at radius 3 is 2.41 bits per heavy atom. The number of amides is 1. The number of aromatic hydroxyl groups is 1. The van der Waals surface area contributed by atoms with Crippen LogP contribution in [0.1, 0.15) is 22.2 Å². The third-order valence-electron chi connectivity index (χ3n) is 4.57. The first-order valence-electron chi connectivity index (χ1n) is 8.47. The number of halogens is 2. The topological polar surface area (TPSA) is 91.0 Å². The lowest BCUT2D eigenvalue weighted by atomic mass is 9.94. The summed E-state index contributed by atoms with van der Waals surface area (Å²) >= 11 is 0. The van der Waals surface area contributed by atoms with Crippen molar-refractivity contribution in [1.82, 2.24) is 0 Å². The number of nitrogens with zero attached hydrogens (tertiary/aromatic N) is 1. The number of rotatable bonds is 4. The van der Waals surface area contributed by atoms with E-state index in [0.29, 0.717) is 5.56 Å². The fourth-order valence-corrected chi connectivity index (χ4v) is 3.27. The Morgan fingerprint density at radius 1 is 1.03 bits per heavy atom. The van der Waals surface area contributed by atoms with Gasteiger partial charge in [-0.15, -0.1) is 0 Å². The van der Waals surface area contributed by atoms with E-state index in [1.54, 1.807) is 0 Å². The van der Waals surface area contributed by atoms with Crippen molar-refractivity contribution in [1.29, 1.82) is 0 Å². The maximum absolute atomic E-state index is 14.5. The van der Waals surface area contributed by atoms with Crippen LogP contribution in [0, 0.1) is 11.6 Å². The zero-order valence-corrected chi connectivity index (χ0v) is 14.7. The van der Waals surface area contributed by atoms with Crippen LogP contribution in [0.3, 0.4) is 0 Å². The summed E-state index contributed by atoms with van der Waals surface area (Å²) in [4.78, 5) is 26.5. The Kier molecular flexibility index (Phi) is 4.38. The number of benzene rings is 2. The zero-order chi connectivity index (χ0) is 20.7. The molecule has 0 fully saturated rings. The molecule has 29 heavy (non-hydrogen) atoms. The van der Waals surface area contributed by atoms with Crippen LogP contribution in [-0.2, 0) is 4.79 Å². The summed E-state index contributed by atoms with van der Waals surface area (Å²) in [5.74, 6) is -4.67. The van der Waals surface area contributed by atoms with Crippen LogP contribution in [0.25, 0.3) is 0 Å². The van der Waals surface area contributed by atoms with E-state index in [1.807, 2.05) is 0 Å². The summed E-state index contributed by atoms with van der Waals surface area (Å²) in [5, 5.41) is 20.0. The molecule has 1 aromatic heterocycles. The summed E-state index contributed by atoms with van der Waals surface area (Å²) < 4.78 is 33.3. The summed E-state index contributed by atoms with van der Waals surface area (Å²) in [6, 6.07) is 9.51. The molecule has 146 valence electrons. The summed E-state index contributed by atoms with van der Waals surface area (Å²) in [5.41, 5.74) is -0.500. The quantitative estimate of drug-likeness (QED) is 0.649. The normalized spacial score (nSPS) is 16.6. The van der Waals surface area contributed by atoms with Crippen molar-refractivity contribution in [2.45, 2.75) is 6.04 Å². The molecule has 6 nitrogen and oxygen atoms in total. The van der Waals surface area contributed by atoms with Gasteiger partial charge in [-0.05, 0) is 42.0 Å². The predicted octanol–water partition coefficient (Wildman–Crippen LogP) is 4.05. The largest absolute Gasteiger partial charge is 0.508 e. The monoisotopic (exact) mass is 397 g/mol. The van der Waals surface area contributed by atoms with E-state index in [1.165, 1.54) is 42.7 Å². The highest BCUT2D eigenvalue weighted by Crippen LogP contribution is 2.43. The molecule has 2 heterocycles. The number of carbonyl (C=O) groups excluding carboxylic acids is 2. The molecule has 0 saturated carbocycles. The lowest BCUT2D eigenvalue weighted by Crippen LogP contribution is -2.31. The van der Waals surface area contributed by atoms with E-state index in [9.17, 15) is 28.6 Å². The summed E-state index contributed by atoms with van der Waals surface area (Å²) in [6.07, 6.45) is 1.25. The maximum Gasteiger partial charge on any atom is 0.294 e. The highest BCUT2D eigenvalue weighted by molar-refractivity contribution is 6.20. The van der Waals surface area contributed by atoms with E-state index in [4.69, 9.17) is 4.42 Å². The predicted molar refractivity (Wildman–Crippen MR) is 97.4 cm³/mol. The van der Waals surface area contributed by atoms with Crippen LogP contribution in [0.2, 0.25) is 0 Å². The van der Waals surface area contributed by atoms with Crippen LogP contribution < -0.4 is 4.90 Å². The number of anilines is 1. The first kappa shape index (κ1) is 18.4.